The number of nitrogens with zero attached hydrogens (tertiary/aromatic N) is 3. The molecule has 0 saturated heterocycles. The molecule has 0 spiro atoms. The van der Waals surface area contributed by atoms with E-state index in [1.807, 2.05) is 12.1 Å². The average molecular weight is 600 g/mol. The van der Waals surface area contributed by atoms with Crippen molar-refractivity contribution in [2.75, 3.05) is 0 Å². The maximum absolute atomic E-state index is 7.92. The molecule has 2 heterocycles. The van der Waals surface area contributed by atoms with Crippen LogP contribution in [0, 0.1) is 13.5 Å². The van der Waals surface area contributed by atoms with Crippen molar-refractivity contribution in [3.8, 4) is 33.6 Å². The molecule has 3 heteroatoms. The van der Waals surface area contributed by atoms with Crippen LogP contribution in [0.1, 0.15) is 5.56 Å². The second-order valence-electron chi connectivity index (χ2n) is 12.1. The van der Waals surface area contributed by atoms with Crippen molar-refractivity contribution in [3.63, 3.8) is 0 Å². The van der Waals surface area contributed by atoms with Crippen molar-refractivity contribution in [2.45, 2.75) is 6.92 Å². The maximum atomic E-state index is 7.92. The summed E-state index contributed by atoms with van der Waals surface area (Å²) in [6.07, 6.45) is 0. The van der Waals surface area contributed by atoms with Crippen LogP contribution in [0.2, 0.25) is 0 Å². The first-order valence-corrected chi connectivity index (χ1v) is 15.9. The number of para-hydroxylation sites is 4. The number of aromatic nitrogens is 2. The van der Waals surface area contributed by atoms with E-state index in [0.717, 1.165) is 44.6 Å². The van der Waals surface area contributed by atoms with Gasteiger partial charge in [0.1, 0.15) is 0 Å². The Balaban J connectivity index is 1.68. The van der Waals surface area contributed by atoms with Gasteiger partial charge in [0.25, 0.3) is 0 Å². The maximum Gasteiger partial charge on any atom is 0.187 e. The molecule has 7 aromatic carbocycles. The molecule has 0 unspecified atom stereocenters. The first-order valence-electron chi connectivity index (χ1n) is 15.9. The van der Waals surface area contributed by atoms with Crippen LogP contribution in [-0.2, 0) is 0 Å². The number of benzene rings is 7. The van der Waals surface area contributed by atoms with Crippen LogP contribution in [0.3, 0.4) is 0 Å². The van der Waals surface area contributed by atoms with Crippen molar-refractivity contribution in [1.29, 1.82) is 0 Å². The molecule has 3 nitrogen and oxygen atoms in total. The highest BCUT2D eigenvalue weighted by Crippen LogP contribution is 2.52. The minimum absolute atomic E-state index is 0.626. The van der Waals surface area contributed by atoms with Crippen molar-refractivity contribution in [2.24, 2.45) is 0 Å². The fourth-order valence-corrected chi connectivity index (χ4v) is 7.48. The average Bonchev–Trinajstić information content (AvgIpc) is 3.65. The van der Waals surface area contributed by atoms with Crippen LogP contribution in [-0.4, -0.2) is 9.13 Å². The zero-order chi connectivity index (χ0) is 31.5. The molecule has 220 valence electrons. The van der Waals surface area contributed by atoms with Crippen LogP contribution in [0.5, 0.6) is 0 Å². The second kappa shape index (κ2) is 10.6. The van der Waals surface area contributed by atoms with Crippen molar-refractivity contribution >= 4 is 49.3 Å². The largest absolute Gasteiger partial charge is 0.309 e. The smallest absolute Gasteiger partial charge is 0.187 e. The quantitative estimate of drug-likeness (QED) is 0.179. The zero-order valence-electron chi connectivity index (χ0n) is 25.9. The molecule has 0 amide bonds. The third-order valence-corrected chi connectivity index (χ3v) is 9.32. The minimum atomic E-state index is 0.626. The molecular weight excluding hydrogens is 571 g/mol. The fraction of sp³-hybridized carbons (Fsp3) is 0.0227. The lowest BCUT2D eigenvalue weighted by Crippen LogP contribution is -1.99. The molecule has 0 bridgehead atoms. The number of hydrogen-bond donors (Lipinski definition) is 0. The fourth-order valence-electron chi connectivity index (χ4n) is 7.48. The Morgan fingerprint density at radius 3 is 1.45 bits per heavy atom. The third-order valence-electron chi connectivity index (χ3n) is 9.32. The second-order valence-corrected chi connectivity index (χ2v) is 12.1. The summed E-state index contributed by atoms with van der Waals surface area (Å²) >= 11 is 0. The van der Waals surface area contributed by atoms with Crippen molar-refractivity contribution in [3.05, 3.63) is 175 Å². The predicted molar refractivity (Wildman–Crippen MR) is 197 cm³/mol. The molecule has 0 radical (unpaired) electrons. The standard InChI is InChI=1S/C44H29N3/c1-29-15-13-16-30(27-29)39-41-35-23-9-11-25-37(35)47(34-21-7-4-8-22-34)44(41)40(31-17-14-18-32(28-31)45-2)42-36-24-10-12-26-38(36)46(43(39)42)33-19-5-3-6-20-33/h3-28H,1H3. The highest BCUT2D eigenvalue weighted by Gasteiger charge is 2.28. The van der Waals surface area contributed by atoms with Gasteiger partial charge in [0.05, 0.1) is 28.6 Å². The van der Waals surface area contributed by atoms with Crippen LogP contribution in [0.15, 0.2) is 158 Å². The van der Waals surface area contributed by atoms with Crippen LogP contribution < -0.4 is 0 Å². The van der Waals surface area contributed by atoms with Gasteiger partial charge in [0.2, 0.25) is 0 Å². The van der Waals surface area contributed by atoms with Crippen LogP contribution in [0.25, 0.3) is 82.1 Å². The number of aryl methyl sites for hydroxylation is 1. The van der Waals surface area contributed by atoms with E-state index in [1.54, 1.807) is 0 Å². The molecule has 2 aromatic heterocycles. The van der Waals surface area contributed by atoms with Gasteiger partial charge >= 0.3 is 0 Å². The topological polar surface area (TPSA) is 14.2 Å². The molecule has 47 heavy (non-hydrogen) atoms. The Labute approximate surface area is 273 Å². The highest BCUT2D eigenvalue weighted by atomic mass is 15.0. The molecule has 9 rings (SSSR count). The molecule has 0 aliphatic heterocycles. The molecule has 0 fully saturated rings. The Morgan fingerprint density at radius 1 is 0.468 bits per heavy atom. The van der Waals surface area contributed by atoms with E-state index < -0.39 is 0 Å². The summed E-state index contributed by atoms with van der Waals surface area (Å²) in [5.41, 5.74) is 13.2. The summed E-state index contributed by atoms with van der Waals surface area (Å²) in [5.74, 6) is 0. The molecular formula is C44H29N3. The summed E-state index contributed by atoms with van der Waals surface area (Å²) in [5, 5.41) is 4.74. The summed E-state index contributed by atoms with van der Waals surface area (Å²) in [6, 6.07) is 55.9. The monoisotopic (exact) mass is 599 g/mol. The zero-order valence-corrected chi connectivity index (χ0v) is 25.9. The van der Waals surface area contributed by atoms with E-state index in [2.05, 4.69) is 166 Å². The van der Waals surface area contributed by atoms with Gasteiger partial charge in [-0.15, -0.1) is 0 Å². The van der Waals surface area contributed by atoms with E-state index in [-0.39, 0.29) is 0 Å². The number of fused-ring (bicyclic) bond motifs is 6. The first kappa shape index (κ1) is 27.0. The van der Waals surface area contributed by atoms with Gasteiger partial charge in [0.15, 0.2) is 5.69 Å². The Bertz CT molecular complexity index is 2680. The lowest BCUT2D eigenvalue weighted by atomic mass is 9.89. The number of rotatable bonds is 4. The summed E-state index contributed by atoms with van der Waals surface area (Å²) in [4.78, 5) is 3.87. The number of hydrogen-bond acceptors (Lipinski definition) is 0. The Hall–Kier alpha value is -6.37. The van der Waals surface area contributed by atoms with E-state index in [4.69, 9.17) is 6.57 Å². The van der Waals surface area contributed by atoms with Gasteiger partial charge in [-0.25, -0.2) is 4.85 Å². The van der Waals surface area contributed by atoms with Crippen LogP contribution in [0.4, 0.5) is 5.69 Å². The first-order chi connectivity index (χ1) is 23.2. The van der Waals surface area contributed by atoms with Gasteiger partial charge < -0.3 is 9.13 Å². The summed E-state index contributed by atoms with van der Waals surface area (Å²) in [7, 11) is 0. The SMILES string of the molecule is [C-]#[N+]c1cccc(-c2c3c4ccccc4n(-c4ccccc4)c3c(-c3cccc(C)c3)c3c4ccccc4n(-c4ccccc4)c23)c1. The van der Waals surface area contributed by atoms with Gasteiger partial charge in [-0.3, -0.25) is 0 Å². The van der Waals surface area contributed by atoms with Gasteiger partial charge in [-0.2, -0.15) is 0 Å². The molecule has 0 saturated carbocycles. The van der Waals surface area contributed by atoms with Crippen molar-refractivity contribution in [1.82, 2.24) is 9.13 Å². The van der Waals surface area contributed by atoms with E-state index >= 15 is 0 Å². The normalized spacial score (nSPS) is 11.5. The third kappa shape index (κ3) is 4.06. The van der Waals surface area contributed by atoms with Crippen molar-refractivity contribution < 1.29 is 0 Å². The van der Waals surface area contributed by atoms with E-state index in [9.17, 15) is 0 Å². The Kier molecular flexibility index (Phi) is 6.10. The molecule has 9 aromatic rings. The molecule has 0 aliphatic carbocycles. The highest BCUT2D eigenvalue weighted by molar-refractivity contribution is 6.33. The molecule has 0 aliphatic rings. The van der Waals surface area contributed by atoms with Crippen LogP contribution >= 0.6 is 0 Å². The summed E-state index contributed by atoms with van der Waals surface area (Å²) < 4.78 is 4.87. The van der Waals surface area contributed by atoms with Gasteiger partial charge in [0, 0.05) is 44.0 Å². The van der Waals surface area contributed by atoms with E-state index in [1.165, 1.54) is 38.2 Å². The molecule has 0 N–H and O–H groups in total. The lowest BCUT2D eigenvalue weighted by molar-refractivity contribution is 1.17. The summed E-state index contributed by atoms with van der Waals surface area (Å²) in [6.45, 7) is 10.1. The minimum Gasteiger partial charge on any atom is -0.309 e. The molecule has 0 atom stereocenters. The predicted octanol–water partition coefficient (Wildman–Crippen LogP) is 12.1. The van der Waals surface area contributed by atoms with Gasteiger partial charge in [-0.1, -0.05) is 121 Å². The van der Waals surface area contributed by atoms with Gasteiger partial charge in [-0.05, 0) is 60.5 Å². The Morgan fingerprint density at radius 2 is 0.936 bits per heavy atom. The lowest BCUT2D eigenvalue weighted by Gasteiger charge is -2.19. The van der Waals surface area contributed by atoms with E-state index in [0.29, 0.717) is 5.69 Å².